The Morgan fingerprint density at radius 2 is 1.62 bits per heavy atom. The molecule has 0 aromatic rings. The van der Waals surface area contributed by atoms with E-state index in [4.69, 9.17) is 9.84 Å². The number of esters is 1. The zero-order valence-electron chi connectivity index (χ0n) is 13.5. The normalized spacial score (nSPS) is 12.1. The highest BCUT2D eigenvalue weighted by Gasteiger charge is 2.10. The smallest absolute Gasteiger partial charge is 0.320 e. The van der Waals surface area contributed by atoms with Gasteiger partial charge in [-0.05, 0) is 13.3 Å². The van der Waals surface area contributed by atoms with Gasteiger partial charge in [-0.2, -0.15) is 0 Å². The molecule has 124 valence electrons. The van der Waals surface area contributed by atoms with E-state index in [1.165, 1.54) is 38.5 Å². The van der Waals surface area contributed by atoms with Crippen LogP contribution >= 0.6 is 0 Å². The summed E-state index contributed by atoms with van der Waals surface area (Å²) in [6.07, 6.45) is 9.95. The second-order valence-corrected chi connectivity index (χ2v) is 5.46. The summed E-state index contributed by atoms with van der Waals surface area (Å²) in [5, 5.41) is 11.4. The quantitative estimate of drug-likeness (QED) is 0.381. The molecule has 5 heteroatoms. The van der Waals surface area contributed by atoms with Gasteiger partial charge in [0.05, 0.1) is 13.0 Å². The van der Waals surface area contributed by atoms with Gasteiger partial charge in [-0.25, -0.2) is 0 Å². The Hall–Kier alpha value is -1.10. The molecule has 0 amide bonds. The van der Waals surface area contributed by atoms with E-state index in [9.17, 15) is 9.59 Å². The predicted octanol–water partition coefficient (Wildman–Crippen LogP) is 3.12. The molecule has 5 nitrogen and oxygen atoms in total. The van der Waals surface area contributed by atoms with Crippen molar-refractivity contribution in [3.8, 4) is 0 Å². The van der Waals surface area contributed by atoms with Gasteiger partial charge in [0.25, 0.3) is 0 Å². The highest BCUT2D eigenvalue weighted by Crippen LogP contribution is 2.08. The molecule has 21 heavy (non-hydrogen) atoms. The van der Waals surface area contributed by atoms with Gasteiger partial charge in [-0.15, -0.1) is 0 Å². The first kappa shape index (κ1) is 19.9. The Bertz CT molecular complexity index is 281. The first-order valence-electron chi connectivity index (χ1n) is 8.19. The highest BCUT2D eigenvalue weighted by atomic mass is 16.5. The van der Waals surface area contributed by atoms with Crippen molar-refractivity contribution in [3.63, 3.8) is 0 Å². The molecule has 1 atom stereocenters. The number of hydrogen-bond acceptors (Lipinski definition) is 4. The zero-order valence-corrected chi connectivity index (χ0v) is 13.5. The van der Waals surface area contributed by atoms with Gasteiger partial charge in [-0.3, -0.25) is 9.59 Å². The van der Waals surface area contributed by atoms with Gasteiger partial charge in [0.15, 0.2) is 0 Å². The van der Waals surface area contributed by atoms with Gasteiger partial charge in [0, 0.05) is 6.54 Å². The summed E-state index contributed by atoms with van der Waals surface area (Å²) in [7, 11) is 0. The molecule has 0 heterocycles. The van der Waals surface area contributed by atoms with Gasteiger partial charge in [0.1, 0.15) is 6.04 Å². The molecule has 0 aromatic carbocycles. The SMILES string of the molecule is CCCCCCCCCCOC(=O)CCNC(C)C(=O)O. The zero-order chi connectivity index (χ0) is 15.9. The second kappa shape index (κ2) is 13.9. The van der Waals surface area contributed by atoms with E-state index in [-0.39, 0.29) is 12.4 Å². The van der Waals surface area contributed by atoms with Gasteiger partial charge < -0.3 is 15.2 Å². The molecule has 2 N–H and O–H groups in total. The standard InChI is InChI=1S/C16H31NO4/c1-3-4-5-6-7-8-9-10-13-21-15(18)11-12-17-14(2)16(19)20/h14,17H,3-13H2,1-2H3,(H,19,20). The van der Waals surface area contributed by atoms with Crippen LogP contribution in [0.2, 0.25) is 0 Å². The Morgan fingerprint density at radius 3 is 2.19 bits per heavy atom. The van der Waals surface area contributed by atoms with Gasteiger partial charge >= 0.3 is 11.9 Å². The van der Waals surface area contributed by atoms with Crippen molar-refractivity contribution >= 4 is 11.9 Å². The average Bonchev–Trinajstić information content (AvgIpc) is 2.45. The number of rotatable bonds is 14. The van der Waals surface area contributed by atoms with E-state index in [2.05, 4.69) is 12.2 Å². The summed E-state index contributed by atoms with van der Waals surface area (Å²) in [6.45, 7) is 4.58. The van der Waals surface area contributed by atoms with E-state index < -0.39 is 12.0 Å². The average molecular weight is 301 g/mol. The van der Waals surface area contributed by atoms with E-state index in [0.717, 1.165) is 12.8 Å². The van der Waals surface area contributed by atoms with E-state index in [0.29, 0.717) is 13.2 Å². The summed E-state index contributed by atoms with van der Waals surface area (Å²) in [5.41, 5.74) is 0. The van der Waals surface area contributed by atoms with Crippen molar-refractivity contribution in [2.24, 2.45) is 0 Å². The van der Waals surface area contributed by atoms with Crippen LogP contribution in [0.4, 0.5) is 0 Å². The maximum atomic E-state index is 11.4. The molecule has 0 saturated heterocycles. The minimum Gasteiger partial charge on any atom is -0.480 e. The van der Waals surface area contributed by atoms with Crippen LogP contribution in [-0.4, -0.2) is 36.2 Å². The fraction of sp³-hybridized carbons (Fsp3) is 0.875. The lowest BCUT2D eigenvalue weighted by Crippen LogP contribution is -2.35. The lowest BCUT2D eigenvalue weighted by molar-refractivity contribution is -0.144. The first-order chi connectivity index (χ1) is 10.1. The Kier molecular flexibility index (Phi) is 13.1. The fourth-order valence-corrected chi connectivity index (χ4v) is 1.97. The molecule has 0 bridgehead atoms. The number of hydrogen-bond donors (Lipinski definition) is 2. The molecule has 0 aliphatic carbocycles. The van der Waals surface area contributed by atoms with Crippen LogP contribution in [0.15, 0.2) is 0 Å². The number of carbonyl (C=O) groups is 2. The Labute approximate surface area is 128 Å². The van der Waals surface area contributed by atoms with E-state index in [1.54, 1.807) is 6.92 Å². The topological polar surface area (TPSA) is 75.6 Å². The molecule has 0 fully saturated rings. The number of nitrogens with one attached hydrogen (secondary N) is 1. The molecule has 0 spiro atoms. The van der Waals surface area contributed by atoms with Crippen molar-refractivity contribution in [2.75, 3.05) is 13.2 Å². The number of carboxylic acids is 1. The fourth-order valence-electron chi connectivity index (χ4n) is 1.97. The summed E-state index contributed by atoms with van der Waals surface area (Å²) >= 11 is 0. The molecule has 0 saturated carbocycles. The molecule has 1 unspecified atom stereocenters. The second-order valence-electron chi connectivity index (χ2n) is 5.46. The molecular formula is C16H31NO4. The van der Waals surface area contributed by atoms with Crippen LogP contribution in [0.5, 0.6) is 0 Å². The van der Waals surface area contributed by atoms with Crippen LogP contribution in [0, 0.1) is 0 Å². The molecular weight excluding hydrogens is 270 g/mol. The Balaban J connectivity index is 3.28. The molecule has 0 radical (unpaired) electrons. The number of ether oxygens (including phenoxy) is 1. The van der Waals surface area contributed by atoms with Crippen molar-refractivity contribution < 1.29 is 19.4 Å². The maximum Gasteiger partial charge on any atom is 0.320 e. The monoisotopic (exact) mass is 301 g/mol. The first-order valence-corrected chi connectivity index (χ1v) is 8.19. The van der Waals surface area contributed by atoms with Gasteiger partial charge in [0.2, 0.25) is 0 Å². The van der Waals surface area contributed by atoms with Crippen molar-refractivity contribution in [1.82, 2.24) is 5.32 Å². The van der Waals surface area contributed by atoms with Crippen LogP contribution < -0.4 is 5.32 Å². The summed E-state index contributed by atoms with van der Waals surface area (Å²) in [5.74, 6) is -1.18. The molecule has 0 rings (SSSR count). The largest absolute Gasteiger partial charge is 0.480 e. The number of aliphatic carboxylic acids is 1. The van der Waals surface area contributed by atoms with Crippen LogP contribution in [0.3, 0.4) is 0 Å². The third-order valence-corrected chi connectivity index (χ3v) is 3.41. The summed E-state index contributed by atoms with van der Waals surface area (Å²) in [4.78, 5) is 21.9. The highest BCUT2D eigenvalue weighted by molar-refractivity contribution is 5.73. The third-order valence-electron chi connectivity index (χ3n) is 3.41. The van der Waals surface area contributed by atoms with Crippen LogP contribution in [0.25, 0.3) is 0 Å². The van der Waals surface area contributed by atoms with E-state index in [1.807, 2.05) is 0 Å². The minimum atomic E-state index is -0.915. The maximum absolute atomic E-state index is 11.4. The van der Waals surface area contributed by atoms with E-state index >= 15 is 0 Å². The number of carboxylic acid groups (broad SMARTS) is 1. The predicted molar refractivity (Wildman–Crippen MR) is 83.3 cm³/mol. The number of carbonyl (C=O) groups excluding carboxylic acids is 1. The minimum absolute atomic E-state index is 0.217. The molecule has 0 aliphatic rings. The van der Waals surface area contributed by atoms with Gasteiger partial charge in [-0.1, -0.05) is 51.9 Å². The molecule has 0 aromatic heterocycles. The number of unbranched alkanes of at least 4 members (excludes halogenated alkanes) is 7. The lowest BCUT2D eigenvalue weighted by Gasteiger charge is -2.09. The van der Waals surface area contributed by atoms with Crippen molar-refractivity contribution in [1.29, 1.82) is 0 Å². The van der Waals surface area contributed by atoms with Crippen molar-refractivity contribution in [3.05, 3.63) is 0 Å². The van der Waals surface area contributed by atoms with Crippen molar-refractivity contribution in [2.45, 2.75) is 77.7 Å². The van der Waals surface area contributed by atoms with Crippen LogP contribution in [-0.2, 0) is 14.3 Å². The summed E-state index contributed by atoms with van der Waals surface area (Å²) < 4.78 is 5.10. The third kappa shape index (κ3) is 13.6. The lowest BCUT2D eigenvalue weighted by atomic mass is 10.1. The van der Waals surface area contributed by atoms with Crippen LogP contribution in [0.1, 0.15) is 71.6 Å². The Morgan fingerprint density at radius 1 is 1.05 bits per heavy atom. The molecule has 0 aliphatic heterocycles. The summed E-state index contributed by atoms with van der Waals surface area (Å²) in [6, 6.07) is -0.634.